The Bertz CT molecular complexity index is 231. The molecule has 0 aliphatic carbocycles. The first-order valence-corrected chi connectivity index (χ1v) is 4.27. The third-order valence-electron chi connectivity index (χ3n) is 1.16. The fourth-order valence-corrected chi connectivity index (χ4v) is 0.871. The van der Waals surface area contributed by atoms with Crippen molar-refractivity contribution in [3.63, 3.8) is 0 Å². The third kappa shape index (κ3) is 7.13. The van der Waals surface area contributed by atoms with Crippen molar-refractivity contribution in [3.05, 3.63) is 48.0 Å². The van der Waals surface area contributed by atoms with Crippen molar-refractivity contribution < 1.29 is 4.74 Å². The molecule has 0 rings (SSSR count). The molecular formula is C12H18O. The van der Waals surface area contributed by atoms with Crippen LogP contribution in [0.4, 0.5) is 0 Å². The summed E-state index contributed by atoms with van der Waals surface area (Å²) in [6, 6.07) is 0. The minimum Gasteiger partial charge on any atom is -0.459 e. The maximum absolute atomic E-state index is 5.33. The third-order valence-corrected chi connectivity index (χ3v) is 1.16. The van der Waals surface area contributed by atoms with Crippen LogP contribution in [-0.4, -0.2) is 0 Å². The van der Waals surface area contributed by atoms with Crippen molar-refractivity contribution in [2.75, 3.05) is 0 Å². The number of hydrogen-bond donors (Lipinski definition) is 0. The van der Waals surface area contributed by atoms with Gasteiger partial charge in [-0.05, 0) is 39.8 Å². The van der Waals surface area contributed by atoms with Crippen molar-refractivity contribution >= 4 is 0 Å². The van der Waals surface area contributed by atoms with E-state index in [4.69, 9.17) is 4.74 Å². The molecule has 0 radical (unpaired) electrons. The summed E-state index contributed by atoms with van der Waals surface area (Å²) in [6.45, 7) is 15.5. The van der Waals surface area contributed by atoms with Crippen LogP contribution in [0.25, 0.3) is 0 Å². The van der Waals surface area contributed by atoms with E-state index in [-0.39, 0.29) is 0 Å². The summed E-state index contributed by atoms with van der Waals surface area (Å²) in [5.74, 6) is 1.25. The summed E-state index contributed by atoms with van der Waals surface area (Å²) in [4.78, 5) is 0. The zero-order valence-corrected chi connectivity index (χ0v) is 8.98. The molecule has 0 atom stereocenters. The normalized spacial score (nSPS) is 8.62. The minimum absolute atomic E-state index is 0.627. The van der Waals surface area contributed by atoms with Crippen LogP contribution in [0.15, 0.2) is 48.0 Å². The fraction of sp³-hybridized carbons (Fsp3) is 0.333. The highest BCUT2D eigenvalue weighted by Crippen LogP contribution is 2.09. The predicted molar refractivity (Wildman–Crippen MR) is 58.2 cm³/mol. The van der Waals surface area contributed by atoms with Crippen LogP contribution in [0.3, 0.4) is 0 Å². The van der Waals surface area contributed by atoms with Gasteiger partial charge in [-0.3, -0.25) is 0 Å². The molecule has 0 saturated heterocycles. The highest BCUT2D eigenvalue weighted by atomic mass is 16.5. The largest absolute Gasteiger partial charge is 0.459 e. The molecule has 1 heteroatoms. The lowest BCUT2D eigenvalue weighted by Crippen LogP contribution is -1.86. The van der Waals surface area contributed by atoms with Crippen molar-refractivity contribution in [3.8, 4) is 0 Å². The van der Waals surface area contributed by atoms with Crippen LogP contribution in [0.2, 0.25) is 0 Å². The summed E-state index contributed by atoms with van der Waals surface area (Å²) < 4.78 is 5.33. The molecule has 0 aromatic rings. The van der Waals surface area contributed by atoms with Gasteiger partial charge in [-0.15, -0.1) is 0 Å². The molecule has 0 saturated carbocycles. The van der Waals surface area contributed by atoms with E-state index in [1.807, 2.05) is 39.8 Å². The topological polar surface area (TPSA) is 9.23 Å². The Balaban J connectivity index is 4.16. The Hall–Kier alpha value is -1.24. The van der Waals surface area contributed by atoms with Crippen LogP contribution < -0.4 is 0 Å². The quantitative estimate of drug-likeness (QED) is 0.467. The molecule has 0 fully saturated rings. The molecule has 0 aromatic heterocycles. The van der Waals surface area contributed by atoms with Crippen LogP contribution >= 0.6 is 0 Å². The molecule has 0 aromatic carbocycles. The van der Waals surface area contributed by atoms with Gasteiger partial charge >= 0.3 is 0 Å². The molecule has 0 bridgehead atoms. The van der Waals surface area contributed by atoms with Crippen molar-refractivity contribution in [1.29, 1.82) is 0 Å². The SMILES string of the molecule is C=C(C=C(C)C)OC(=C)C=C(C)C. The number of hydrogen-bond acceptors (Lipinski definition) is 1. The van der Waals surface area contributed by atoms with E-state index >= 15 is 0 Å². The Labute approximate surface area is 81.1 Å². The van der Waals surface area contributed by atoms with Crippen LogP contribution in [0.1, 0.15) is 27.7 Å². The number of rotatable bonds is 4. The summed E-state index contributed by atoms with van der Waals surface area (Å²) >= 11 is 0. The Morgan fingerprint density at radius 3 is 1.38 bits per heavy atom. The predicted octanol–water partition coefficient (Wildman–Crippen LogP) is 3.96. The van der Waals surface area contributed by atoms with Gasteiger partial charge in [0.2, 0.25) is 0 Å². The minimum atomic E-state index is 0.627. The van der Waals surface area contributed by atoms with Crippen molar-refractivity contribution in [2.24, 2.45) is 0 Å². The van der Waals surface area contributed by atoms with E-state index in [0.29, 0.717) is 11.5 Å². The van der Waals surface area contributed by atoms with Gasteiger partial charge in [-0.25, -0.2) is 0 Å². The average Bonchev–Trinajstić information content (AvgIpc) is 1.80. The molecular weight excluding hydrogens is 160 g/mol. The van der Waals surface area contributed by atoms with Crippen molar-refractivity contribution in [1.82, 2.24) is 0 Å². The summed E-state index contributed by atoms with van der Waals surface area (Å²) in [5, 5.41) is 0. The standard InChI is InChI=1S/C12H18O/c1-9(2)7-11(5)13-12(6)8-10(3)4/h7-8H,5-6H2,1-4H3. The monoisotopic (exact) mass is 178 g/mol. The smallest absolute Gasteiger partial charge is 0.120 e. The van der Waals surface area contributed by atoms with E-state index in [2.05, 4.69) is 13.2 Å². The first kappa shape index (κ1) is 11.8. The van der Waals surface area contributed by atoms with Gasteiger partial charge in [0.1, 0.15) is 11.5 Å². The van der Waals surface area contributed by atoms with Gasteiger partial charge in [0.25, 0.3) is 0 Å². The number of allylic oxidation sites excluding steroid dienone is 4. The van der Waals surface area contributed by atoms with E-state index in [1.165, 1.54) is 0 Å². The van der Waals surface area contributed by atoms with E-state index in [9.17, 15) is 0 Å². The maximum atomic E-state index is 5.33. The van der Waals surface area contributed by atoms with Gasteiger partial charge in [-0.2, -0.15) is 0 Å². The molecule has 0 spiro atoms. The van der Waals surface area contributed by atoms with E-state index in [0.717, 1.165) is 11.1 Å². The lowest BCUT2D eigenvalue weighted by Gasteiger charge is -2.05. The lowest BCUT2D eigenvalue weighted by atomic mass is 10.3. The lowest BCUT2D eigenvalue weighted by molar-refractivity contribution is 0.339. The van der Waals surface area contributed by atoms with Gasteiger partial charge in [0, 0.05) is 0 Å². The Morgan fingerprint density at radius 1 is 0.846 bits per heavy atom. The molecule has 0 heterocycles. The second kappa shape index (κ2) is 5.41. The molecule has 0 unspecified atom stereocenters. The number of ether oxygens (including phenoxy) is 1. The molecule has 13 heavy (non-hydrogen) atoms. The van der Waals surface area contributed by atoms with Crippen LogP contribution in [0.5, 0.6) is 0 Å². The zero-order valence-electron chi connectivity index (χ0n) is 8.98. The summed E-state index contributed by atoms with van der Waals surface area (Å²) in [5.41, 5.74) is 2.32. The van der Waals surface area contributed by atoms with Gasteiger partial charge in [0.05, 0.1) is 0 Å². The Morgan fingerprint density at radius 2 is 1.15 bits per heavy atom. The molecule has 1 nitrogen and oxygen atoms in total. The van der Waals surface area contributed by atoms with Gasteiger partial charge < -0.3 is 4.74 Å². The van der Waals surface area contributed by atoms with E-state index in [1.54, 1.807) is 0 Å². The van der Waals surface area contributed by atoms with Crippen molar-refractivity contribution in [2.45, 2.75) is 27.7 Å². The average molecular weight is 178 g/mol. The first-order valence-electron chi connectivity index (χ1n) is 4.27. The van der Waals surface area contributed by atoms with Crippen LogP contribution in [-0.2, 0) is 4.74 Å². The fourth-order valence-electron chi connectivity index (χ4n) is 0.871. The first-order chi connectivity index (χ1) is 5.91. The van der Waals surface area contributed by atoms with E-state index < -0.39 is 0 Å². The molecule has 0 aliphatic rings. The maximum Gasteiger partial charge on any atom is 0.120 e. The molecule has 0 aliphatic heterocycles. The molecule has 0 N–H and O–H groups in total. The zero-order chi connectivity index (χ0) is 10.4. The second-order valence-electron chi connectivity index (χ2n) is 3.48. The van der Waals surface area contributed by atoms with Gasteiger partial charge in [-0.1, -0.05) is 24.3 Å². The molecule has 0 amide bonds. The summed E-state index contributed by atoms with van der Waals surface area (Å²) in [6.07, 6.45) is 3.76. The summed E-state index contributed by atoms with van der Waals surface area (Å²) in [7, 11) is 0. The molecule has 72 valence electrons. The highest BCUT2D eigenvalue weighted by molar-refractivity contribution is 5.19. The Kier molecular flexibility index (Phi) is 4.90. The second-order valence-corrected chi connectivity index (χ2v) is 3.48. The van der Waals surface area contributed by atoms with Crippen LogP contribution in [0, 0.1) is 0 Å². The highest BCUT2D eigenvalue weighted by Gasteiger charge is 1.92. The van der Waals surface area contributed by atoms with Gasteiger partial charge in [0.15, 0.2) is 0 Å².